The highest BCUT2D eigenvalue weighted by molar-refractivity contribution is 7.92. The highest BCUT2D eigenvalue weighted by Crippen LogP contribution is 2.22. The Morgan fingerprint density at radius 2 is 1.58 bits per heavy atom. The fourth-order valence-corrected chi connectivity index (χ4v) is 5.05. The third-order valence-corrected chi connectivity index (χ3v) is 6.99. The van der Waals surface area contributed by atoms with Crippen LogP contribution in [0.15, 0.2) is 59.5 Å². The molecule has 0 saturated carbocycles. The highest BCUT2D eigenvalue weighted by atomic mass is 32.2. The van der Waals surface area contributed by atoms with Crippen molar-refractivity contribution in [1.29, 1.82) is 0 Å². The lowest BCUT2D eigenvalue weighted by Gasteiger charge is -2.29. The number of likely N-dealkylation sites (tertiary alicyclic amines) is 1. The van der Waals surface area contributed by atoms with Gasteiger partial charge in [0.15, 0.2) is 15.6 Å². The second kappa shape index (κ2) is 8.14. The van der Waals surface area contributed by atoms with Crippen LogP contribution in [0.2, 0.25) is 0 Å². The first-order valence-electron chi connectivity index (χ1n) is 9.10. The lowest BCUT2D eigenvalue weighted by atomic mass is 10.1. The molecule has 0 amide bonds. The Morgan fingerprint density at radius 3 is 2.19 bits per heavy atom. The average Bonchev–Trinajstić information content (AvgIpc) is 2.67. The third-order valence-electron chi connectivity index (χ3n) is 4.95. The van der Waals surface area contributed by atoms with Crippen molar-refractivity contribution in [1.82, 2.24) is 4.90 Å². The molecule has 0 aromatic heterocycles. The number of rotatable bonds is 6. The molecule has 138 valence electrons. The molecule has 0 bridgehead atoms. The Bertz CT molecular complexity index is 839. The summed E-state index contributed by atoms with van der Waals surface area (Å²) < 4.78 is 26.6. The van der Waals surface area contributed by atoms with E-state index in [2.05, 4.69) is 4.90 Å². The van der Waals surface area contributed by atoms with E-state index in [-0.39, 0.29) is 17.2 Å². The normalized spacial score (nSPS) is 17.0. The van der Waals surface area contributed by atoms with Crippen LogP contribution >= 0.6 is 0 Å². The van der Waals surface area contributed by atoms with E-state index in [9.17, 15) is 13.2 Å². The molecular weight excluding hydrogens is 346 g/mol. The lowest BCUT2D eigenvalue weighted by molar-refractivity contribution is 0.0963. The summed E-state index contributed by atoms with van der Waals surface area (Å²) in [5.74, 6) is -0.322. The summed E-state index contributed by atoms with van der Waals surface area (Å²) in [5.41, 5.74) is 1.44. The predicted octanol–water partition coefficient (Wildman–Crippen LogP) is 3.51. The Kier molecular flexibility index (Phi) is 5.89. The Labute approximate surface area is 155 Å². The number of piperidine rings is 1. The fourth-order valence-electron chi connectivity index (χ4n) is 3.38. The molecule has 3 rings (SSSR count). The van der Waals surface area contributed by atoms with Crippen LogP contribution in [-0.2, 0) is 9.84 Å². The van der Waals surface area contributed by atoms with Crippen molar-refractivity contribution in [2.45, 2.75) is 36.3 Å². The summed E-state index contributed by atoms with van der Waals surface area (Å²) in [6, 6.07) is 15.5. The molecule has 0 spiro atoms. The molecule has 5 heteroatoms. The van der Waals surface area contributed by atoms with E-state index in [0.29, 0.717) is 5.56 Å². The summed E-state index contributed by atoms with van der Waals surface area (Å²) in [7, 11) is -3.76. The largest absolute Gasteiger partial charge is 0.302 e. The van der Waals surface area contributed by atoms with Crippen LogP contribution in [0.4, 0.5) is 0 Å². The van der Waals surface area contributed by atoms with Gasteiger partial charge in [-0.15, -0.1) is 0 Å². The SMILES string of the molecule is Cc1ccc(S(=O)(=O)[C@@H](CN2CCCCC2)C(=O)c2ccccc2)cc1. The van der Waals surface area contributed by atoms with Gasteiger partial charge in [-0.05, 0) is 45.0 Å². The number of hydrogen-bond donors (Lipinski definition) is 0. The quantitative estimate of drug-likeness (QED) is 0.729. The number of nitrogens with zero attached hydrogens (tertiary/aromatic N) is 1. The van der Waals surface area contributed by atoms with Gasteiger partial charge in [0, 0.05) is 12.1 Å². The second-order valence-electron chi connectivity index (χ2n) is 6.94. The van der Waals surface area contributed by atoms with Crippen LogP contribution in [0, 0.1) is 6.92 Å². The number of ketones is 1. The maximum Gasteiger partial charge on any atom is 0.189 e. The van der Waals surface area contributed by atoms with Crippen LogP contribution in [0.25, 0.3) is 0 Å². The molecule has 1 atom stereocenters. The molecule has 1 fully saturated rings. The molecule has 1 aliphatic heterocycles. The van der Waals surface area contributed by atoms with Gasteiger partial charge in [-0.2, -0.15) is 0 Å². The van der Waals surface area contributed by atoms with Crippen molar-refractivity contribution in [3.8, 4) is 0 Å². The van der Waals surface area contributed by atoms with Crippen molar-refractivity contribution in [2.24, 2.45) is 0 Å². The van der Waals surface area contributed by atoms with Gasteiger partial charge in [0.1, 0.15) is 5.25 Å². The zero-order valence-electron chi connectivity index (χ0n) is 15.1. The number of hydrogen-bond acceptors (Lipinski definition) is 4. The smallest absolute Gasteiger partial charge is 0.189 e. The molecule has 0 unspecified atom stereocenters. The monoisotopic (exact) mass is 371 g/mol. The summed E-state index contributed by atoms with van der Waals surface area (Å²) in [4.78, 5) is 15.4. The third kappa shape index (κ3) is 4.22. The molecule has 0 radical (unpaired) electrons. The number of carbonyl (C=O) groups excluding carboxylic acids is 1. The van der Waals surface area contributed by atoms with E-state index in [0.717, 1.165) is 31.5 Å². The van der Waals surface area contributed by atoms with Crippen LogP contribution < -0.4 is 0 Å². The first kappa shape index (κ1) is 18.8. The van der Waals surface area contributed by atoms with Gasteiger partial charge in [-0.3, -0.25) is 4.79 Å². The first-order chi connectivity index (χ1) is 12.5. The predicted molar refractivity (Wildman–Crippen MR) is 103 cm³/mol. The highest BCUT2D eigenvalue weighted by Gasteiger charge is 2.36. The molecule has 26 heavy (non-hydrogen) atoms. The first-order valence-corrected chi connectivity index (χ1v) is 10.7. The minimum absolute atomic E-state index is 0.217. The van der Waals surface area contributed by atoms with Gasteiger partial charge in [0.2, 0.25) is 0 Å². The molecule has 2 aromatic rings. The summed E-state index contributed by atoms with van der Waals surface area (Å²) >= 11 is 0. The second-order valence-corrected chi connectivity index (χ2v) is 9.07. The molecule has 1 heterocycles. The van der Waals surface area contributed by atoms with Crippen molar-refractivity contribution in [3.05, 3.63) is 65.7 Å². The Morgan fingerprint density at radius 1 is 0.962 bits per heavy atom. The van der Waals surface area contributed by atoms with Crippen LogP contribution in [0.1, 0.15) is 35.2 Å². The van der Waals surface area contributed by atoms with Crippen molar-refractivity contribution in [2.75, 3.05) is 19.6 Å². The van der Waals surface area contributed by atoms with Crippen molar-refractivity contribution >= 4 is 15.6 Å². The number of Topliss-reactive ketones (excluding diaryl/α,β-unsaturated/α-hetero) is 1. The van der Waals surface area contributed by atoms with Crippen LogP contribution in [0.5, 0.6) is 0 Å². The van der Waals surface area contributed by atoms with Gasteiger partial charge in [0.25, 0.3) is 0 Å². The van der Waals surface area contributed by atoms with Gasteiger partial charge in [0.05, 0.1) is 4.90 Å². The van der Waals surface area contributed by atoms with Crippen molar-refractivity contribution < 1.29 is 13.2 Å². The topological polar surface area (TPSA) is 54.5 Å². The number of carbonyl (C=O) groups is 1. The molecule has 1 saturated heterocycles. The van der Waals surface area contributed by atoms with Crippen molar-refractivity contribution in [3.63, 3.8) is 0 Å². The lowest BCUT2D eigenvalue weighted by Crippen LogP contribution is -2.44. The maximum atomic E-state index is 13.3. The summed E-state index contributed by atoms with van der Waals surface area (Å²) in [6.07, 6.45) is 3.27. The standard InChI is InChI=1S/C21H25NO3S/c1-17-10-12-19(13-11-17)26(24,25)20(16-22-14-6-3-7-15-22)21(23)18-8-4-2-5-9-18/h2,4-5,8-13,20H,3,6-7,14-16H2,1H3/t20-/m0/s1. The summed E-state index contributed by atoms with van der Waals surface area (Å²) in [6.45, 7) is 3.87. The van der Waals surface area contributed by atoms with Gasteiger partial charge >= 0.3 is 0 Å². The summed E-state index contributed by atoms with van der Waals surface area (Å²) in [5, 5.41) is -1.08. The number of aryl methyl sites for hydroxylation is 1. The van der Waals surface area contributed by atoms with Crippen LogP contribution in [0.3, 0.4) is 0 Å². The Balaban J connectivity index is 1.95. The average molecular weight is 372 g/mol. The zero-order chi connectivity index (χ0) is 18.6. The molecular formula is C21H25NO3S. The minimum Gasteiger partial charge on any atom is -0.302 e. The molecule has 1 aliphatic rings. The van der Waals surface area contributed by atoms with E-state index < -0.39 is 15.1 Å². The van der Waals surface area contributed by atoms with Gasteiger partial charge < -0.3 is 4.90 Å². The molecule has 2 aromatic carbocycles. The van der Waals surface area contributed by atoms with E-state index in [1.807, 2.05) is 13.0 Å². The molecule has 0 aliphatic carbocycles. The van der Waals surface area contributed by atoms with E-state index in [1.165, 1.54) is 6.42 Å². The van der Waals surface area contributed by atoms with Crippen LogP contribution in [-0.4, -0.2) is 44.0 Å². The maximum absolute atomic E-state index is 13.3. The number of benzene rings is 2. The molecule has 4 nitrogen and oxygen atoms in total. The van der Waals surface area contributed by atoms with E-state index >= 15 is 0 Å². The van der Waals surface area contributed by atoms with E-state index in [4.69, 9.17) is 0 Å². The fraction of sp³-hybridized carbons (Fsp3) is 0.381. The van der Waals surface area contributed by atoms with Gasteiger partial charge in [-0.25, -0.2) is 8.42 Å². The minimum atomic E-state index is -3.76. The van der Waals surface area contributed by atoms with Gasteiger partial charge in [-0.1, -0.05) is 54.4 Å². The number of sulfone groups is 1. The van der Waals surface area contributed by atoms with E-state index in [1.54, 1.807) is 48.5 Å². The molecule has 0 N–H and O–H groups in total. The Hall–Kier alpha value is -1.98. The zero-order valence-corrected chi connectivity index (χ0v) is 15.9.